The van der Waals surface area contributed by atoms with Crippen LogP contribution in [0.1, 0.15) is 29.8 Å². The van der Waals surface area contributed by atoms with Crippen molar-refractivity contribution in [1.29, 1.82) is 0 Å². The van der Waals surface area contributed by atoms with Gasteiger partial charge in [-0.05, 0) is 73.6 Å². The Morgan fingerprint density at radius 3 is 2.34 bits per heavy atom. The predicted octanol–water partition coefficient (Wildman–Crippen LogP) is 4.21. The van der Waals surface area contributed by atoms with Crippen LogP contribution in [0.4, 0.5) is 11.4 Å². The van der Waals surface area contributed by atoms with Gasteiger partial charge in [-0.2, -0.15) is 0 Å². The third kappa shape index (κ3) is 5.06. The van der Waals surface area contributed by atoms with Crippen LogP contribution in [0.2, 0.25) is 0 Å². The summed E-state index contributed by atoms with van der Waals surface area (Å²) in [5.41, 5.74) is 3.22. The lowest BCUT2D eigenvalue weighted by molar-refractivity contribution is -0.115. The highest BCUT2D eigenvalue weighted by Gasteiger charge is 2.23. The minimum Gasteiger partial charge on any atom is -0.465 e. The highest BCUT2D eigenvalue weighted by atomic mass is 32.2. The lowest BCUT2D eigenvalue weighted by Crippen LogP contribution is -2.21. The number of amidine groups is 1. The molecule has 1 amide bonds. The van der Waals surface area contributed by atoms with Crippen molar-refractivity contribution in [2.45, 2.75) is 13.8 Å². The molecular formula is C22H23N3O3S. The fourth-order valence-corrected chi connectivity index (χ4v) is 3.75. The van der Waals surface area contributed by atoms with E-state index in [0.29, 0.717) is 15.6 Å². The number of hydrogen-bond donors (Lipinski definition) is 1. The van der Waals surface area contributed by atoms with Crippen LogP contribution < -0.4 is 10.2 Å². The Hall–Kier alpha value is -3.06. The normalized spacial score (nSPS) is 16.2. The summed E-state index contributed by atoms with van der Waals surface area (Å²) in [6.45, 7) is 6.15. The van der Waals surface area contributed by atoms with E-state index in [2.05, 4.69) is 33.8 Å². The van der Waals surface area contributed by atoms with Gasteiger partial charge in [-0.3, -0.25) is 4.79 Å². The Bertz CT molecular complexity index is 946. The number of carbonyl (C=O) groups excluding carboxylic acids is 2. The number of ether oxygens (including phenoxy) is 1. The van der Waals surface area contributed by atoms with Crippen molar-refractivity contribution in [2.75, 3.05) is 25.1 Å². The number of nitrogens with zero attached hydrogens (tertiary/aromatic N) is 2. The molecule has 1 aliphatic rings. The molecule has 1 aliphatic heterocycles. The quantitative estimate of drug-likeness (QED) is 0.572. The Morgan fingerprint density at radius 1 is 1.10 bits per heavy atom. The molecule has 0 radical (unpaired) electrons. The molecule has 3 rings (SSSR count). The molecule has 0 saturated carbocycles. The number of thioether (sulfide) groups is 1. The molecule has 2 aromatic rings. The molecule has 0 unspecified atom stereocenters. The van der Waals surface area contributed by atoms with Crippen molar-refractivity contribution in [3.63, 3.8) is 0 Å². The van der Waals surface area contributed by atoms with Gasteiger partial charge in [-0.1, -0.05) is 12.1 Å². The van der Waals surface area contributed by atoms with Gasteiger partial charge in [0.2, 0.25) is 0 Å². The SMILES string of the molecule is CCN(CC)c1ccc(N=C2NC(=O)C(=Cc3ccc(C(=O)OC)cc3)S2)cc1. The molecule has 1 N–H and O–H groups in total. The van der Waals surface area contributed by atoms with Crippen molar-refractivity contribution in [3.8, 4) is 0 Å². The van der Waals surface area contributed by atoms with Crippen molar-refractivity contribution in [1.82, 2.24) is 5.32 Å². The molecule has 6 nitrogen and oxygen atoms in total. The molecule has 29 heavy (non-hydrogen) atoms. The van der Waals surface area contributed by atoms with Crippen LogP contribution in [0.25, 0.3) is 6.08 Å². The Balaban J connectivity index is 1.72. The number of amides is 1. The minimum atomic E-state index is -0.390. The molecule has 0 spiro atoms. The Labute approximate surface area is 174 Å². The van der Waals surface area contributed by atoms with Crippen molar-refractivity contribution >= 4 is 46.3 Å². The predicted molar refractivity (Wildman–Crippen MR) is 119 cm³/mol. The van der Waals surface area contributed by atoms with Gasteiger partial charge in [0.25, 0.3) is 5.91 Å². The summed E-state index contributed by atoms with van der Waals surface area (Å²) in [4.78, 5) is 31.1. The van der Waals surface area contributed by atoms with Gasteiger partial charge in [0.05, 0.1) is 23.3 Å². The van der Waals surface area contributed by atoms with E-state index in [-0.39, 0.29) is 5.91 Å². The summed E-state index contributed by atoms with van der Waals surface area (Å²) >= 11 is 1.29. The smallest absolute Gasteiger partial charge is 0.337 e. The first-order valence-electron chi connectivity index (χ1n) is 9.37. The second-order valence-electron chi connectivity index (χ2n) is 6.28. The monoisotopic (exact) mass is 409 g/mol. The number of aliphatic imine (C=N–C) groups is 1. The third-order valence-corrected chi connectivity index (χ3v) is 5.40. The number of esters is 1. The molecule has 150 valence electrons. The summed E-state index contributed by atoms with van der Waals surface area (Å²) in [7, 11) is 1.34. The van der Waals surface area contributed by atoms with Gasteiger partial charge < -0.3 is 15.0 Å². The lowest BCUT2D eigenvalue weighted by atomic mass is 10.1. The van der Waals surface area contributed by atoms with Gasteiger partial charge >= 0.3 is 5.97 Å². The van der Waals surface area contributed by atoms with Gasteiger partial charge in [0, 0.05) is 18.8 Å². The van der Waals surface area contributed by atoms with E-state index in [0.717, 1.165) is 30.0 Å². The number of methoxy groups -OCH3 is 1. The summed E-state index contributed by atoms with van der Waals surface area (Å²) in [6.07, 6.45) is 1.77. The molecule has 1 heterocycles. The maximum atomic E-state index is 12.3. The fraction of sp³-hybridized carbons (Fsp3) is 0.227. The van der Waals surface area contributed by atoms with E-state index < -0.39 is 5.97 Å². The van der Waals surface area contributed by atoms with E-state index in [1.165, 1.54) is 18.9 Å². The van der Waals surface area contributed by atoms with Crippen molar-refractivity contribution in [2.24, 2.45) is 4.99 Å². The van der Waals surface area contributed by atoms with Crippen LogP contribution in [0.3, 0.4) is 0 Å². The second kappa shape index (κ2) is 9.43. The zero-order chi connectivity index (χ0) is 20.8. The van der Waals surface area contributed by atoms with Crippen molar-refractivity contribution < 1.29 is 14.3 Å². The average molecular weight is 410 g/mol. The van der Waals surface area contributed by atoms with E-state index in [1.807, 2.05) is 24.3 Å². The van der Waals surface area contributed by atoms with E-state index in [9.17, 15) is 9.59 Å². The van der Waals surface area contributed by atoms with Crippen LogP contribution >= 0.6 is 11.8 Å². The Kier molecular flexibility index (Phi) is 6.72. The molecule has 2 aromatic carbocycles. The summed E-state index contributed by atoms with van der Waals surface area (Å²) in [6, 6.07) is 14.8. The minimum absolute atomic E-state index is 0.189. The van der Waals surface area contributed by atoms with Crippen LogP contribution in [0.15, 0.2) is 58.4 Å². The number of rotatable bonds is 6. The first-order valence-corrected chi connectivity index (χ1v) is 10.2. The highest BCUT2D eigenvalue weighted by molar-refractivity contribution is 8.18. The molecule has 0 atom stereocenters. The maximum absolute atomic E-state index is 12.3. The number of carbonyl (C=O) groups is 2. The zero-order valence-corrected chi connectivity index (χ0v) is 17.5. The molecule has 0 aromatic heterocycles. The van der Waals surface area contributed by atoms with Gasteiger partial charge in [-0.15, -0.1) is 0 Å². The number of hydrogen-bond acceptors (Lipinski definition) is 6. The van der Waals surface area contributed by atoms with Crippen molar-refractivity contribution in [3.05, 3.63) is 64.6 Å². The summed E-state index contributed by atoms with van der Waals surface area (Å²) in [5.74, 6) is -0.579. The lowest BCUT2D eigenvalue weighted by Gasteiger charge is -2.20. The molecule has 7 heteroatoms. The van der Waals surface area contributed by atoms with Gasteiger partial charge in [0.1, 0.15) is 0 Å². The Morgan fingerprint density at radius 2 is 1.76 bits per heavy atom. The highest BCUT2D eigenvalue weighted by Crippen LogP contribution is 2.29. The summed E-state index contributed by atoms with van der Waals surface area (Å²) < 4.78 is 4.69. The topological polar surface area (TPSA) is 71.0 Å². The van der Waals surface area contributed by atoms with Gasteiger partial charge in [0.15, 0.2) is 5.17 Å². The van der Waals surface area contributed by atoms with Gasteiger partial charge in [-0.25, -0.2) is 9.79 Å². The second-order valence-corrected chi connectivity index (χ2v) is 7.31. The molecule has 1 fully saturated rings. The first-order chi connectivity index (χ1) is 14.0. The zero-order valence-electron chi connectivity index (χ0n) is 16.6. The van der Waals surface area contributed by atoms with Crippen LogP contribution in [0, 0.1) is 0 Å². The molecule has 1 saturated heterocycles. The third-order valence-electron chi connectivity index (χ3n) is 4.49. The number of nitrogens with one attached hydrogen (secondary N) is 1. The maximum Gasteiger partial charge on any atom is 0.337 e. The first kappa shape index (κ1) is 20.7. The van der Waals surface area contributed by atoms with Crippen LogP contribution in [0.5, 0.6) is 0 Å². The van der Waals surface area contributed by atoms with E-state index in [4.69, 9.17) is 0 Å². The number of benzene rings is 2. The average Bonchev–Trinajstić information content (AvgIpc) is 3.08. The molecular weight excluding hydrogens is 386 g/mol. The van der Waals surface area contributed by atoms with Crippen LogP contribution in [-0.4, -0.2) is 37.2 Å². The number of anilines is 1. The van der Waals surface area contributed by atoms with E-state index >= 15 is 0 Å². The summed E-state index contributed by atoms with van der Waals surface area (Å²) in [5, 5.41) is 3.34. The van der Waals surface area contributed by atoms with E-state index in [1.54, 1.807) is 30.3 Å². The standard InChI is InChI=1S/C22H23N3O3S/c1-4-25(5-2)18-12-10-17(11-13-18)23-22-24-20(26)19(29-22)14-15-6-8-16(9-7-15)21(27)28-3/h6-14H,4-5H2,1-3H3,(H,23,24,26). The van der Waals surface area contributed by atoms with Crippen LogP contribution in [-0.2, 0) is 9.53 Å². The largest absolute Gasteiger partial charge is 0.465 e. The molecule has 0 aliphatic carbocycles. The fourth-order valence-electron chi connectivity index (χ4n) is 2.91. The molecule has 0 bridgehead atoms.